The standard InChI is InChI=1S/C31H45N3O5S/c1-6-7-8-9-13-19-34(29(37)25(21-40)33-30(38)39-31(3,4)5)26(24-18-14-15-22(2)27(24)35)28(36)32-20-23-16-11-10-12-17-23/h10-12,14-18,25-26,35,40H,6-9,13,19-21H2,1-5H3,(H,32,36)(H,33,38). The zero-order valence-electron chi connectivity index (χ0n) is 24.4. The number of amides is 3. The minimum absolute atomic E-state index is 0.00254. The number of carbonyl (C=O) groups excluding carboxylic acids is 3. The molecule has 0 saturated carbocycles. The largest absolute Gasteiger partial charge is 0.507 e. The van der Waals surface area contributed by atoms with Crippen LogP contribution in [0.5, 0.6) is 5.75 Å². The van der Waals surface area contributed by atoms with Gasteiger partial charge in [0.25, 0.3) is 0 Å². The molecule has 0 radical (unpaired) electrons. The number of phenols is 1. The Morgan fingerprint density at radius 2 is 1.68 bits per heavy atom. The van der Waals surface area contributed by atoms with Gasteiger partial charge in [-0.25, -0.2) is 4.79 Å². The summed E-state index contributed by atoms with van der Waals surface area (Å²) in [5.74, 6) is -0.949. The molecule has 8 nitrogen and oxygen atoms in total. The number of hydrogen-bond donors (Lipinski definition) is 4. The minimum atomic E-state index is -1.12. The Bertz CT molecular complexity index is 1100. The van der Waals surface area contributed by atoms with Gasteiger partial charge in [-0.15, -0.1) is 0 Å². The van der Waals surface area contributed by atoms with Crippen molar-refractivity contribution in [1.82, 2.24) is 15.5 Å². The SMILES string of the molecule is CCCCCCCN(C(=O)C(CS)NC(=O)OC(C)(C)C)C(C(=O)NCc1ccccc1)c1cccc(C)c1O. The van der Waals surface area contributed by atoms with Crippen LogP contribution in [0.3, 0.4) is 0 Å². The number of rotatable bonds is 14. The zero-order chi connectivity index (χ0) is 29.7. The topological polar surface area (TPSA) is 108 Å². The summed E-state index contributed by atoms with van der Waals surface area (Å²) in [7, 11) is 0. The van der Waals surface area contributed by atoms with Crippen molar-refractivity contribution < 1.29 is 24.2 Å². The first-order chi connectivity index (χ1) is 19.0. The van der Waals surface area contributed by atoms with Gasteiger partial charge in [0.15, 0.2) is 0 Å². The van der Waals surface area contributed by atoms with Gasteiger partial charge in [0.1, 0.15) is 23.4 Å². The van der Waals surface area contributed by atoms with Gasteiger partial charge in [-0.2, -0.15) is 12.6 Å². The van der Waals surface area contributed by atoms with Gasteiger partial charge in [-0.3, -0.25) is 9.59 Å². The van der Waals surface area contributed by atoms with E-state index in [1.807, 2.05) is 30.3 Å². The maximum absolute atomic E-state index is 14.0. The van der Waals surface area contributed by atoms with Crippen molar-refractivity contribution >= 4 is 30.5 Å². The number of unbranched alkanes of at least 4 members (excludes halogenated alkanes) is 4. The Balaban J connectivity index is 2.45. The first kappa shape index (κ1) is 33.0. The molecule has 220 valence electrons. The lowest BCUT2D eigenvalue weighted by atomic mass is 9.98. The average molecular weight is 572 g/mol. The van der Waals surface area contributed by atoms with E-state index in [2.05, 4.69) is 30.2 Å². The Kier molecular flexibility index (Phi) is 13.3. The predicted molar refractivity (Wildman–Crippen MR) is 161 cm³/mol. The van der Waals surface area contributed by atoms with Crippen molar-refractivity contribution in [3.8, 4) is 5.75 Å². The summed E-state index contributed by atoms with van der Waals surface area (Å²) < 4.78 is 5.37. The molecule has 0 fully saturated rings. The number of aromatic hydroxyl groups is 1. The van der Waals surface area contributed by atoms with E-state index in [0.717, 1.165) is 31.2 Å². The van der Waals surface area contributed by atoms with Crippen LogP contribution in [-0.4, -0.2) is 51.9 Å². The molecule has 2 aromatic carbocycles. The van der Waals surface area contributed by atoms with Crippen molar-refractivity contribution in [1.29, 1.82) is 0 Å². The fourth-order valence-corrected chi connectivity index (χ4v) is 4.57. The number of para-hydroxylation sites is 1. The molecule has 2 aromatic rings. The van der Waals surface area contributed by atoms with E-state index in [9.17, 15) is 19.5 Å². The van der Waals surface area contributed by atoms with Crippen LogP contribution in [0.15, 0.2) is 48.5 Å². The number of thiol groups is 1. The number of phenolic OH excluding ortho intramolecular Hbond substituents is 1. The van der Waals surface area contributed by atoms with Crippen LogP contribution in [0.25, 0.3) is 0 Å². The zero-order valence-corrected chi connectivity index (χ0v) is 25.3. The molecule has 0 aliphatic heterocycles. The molecule has 0 aromatic heterocycles. The molecular formula is C31H45N3O5S. The number of hydrogen-bond acceptors (Lipinski definition) is 6. The number of nitrogens with one attached hydrogen (secondary N) is 2. The molecule has 40 heavy (non-hydrogen) atoms. The van der Waals surface area contributed by atoms with Crippen molar-refractivity contribution in [3.05, 3.63) is 65.2 Å². The highest BCUT2D eigenvalue weighted by molar-refractivity contribution is 7.80. The van der Waals surface area contributed by atoms with E-state index >= 15 is 0 Å². The number of alkyl carbamates (subject to hydrolysis) is 1. The third kappa shape index (κ3) is 10.4. The lowest BCUT2D eigenvalue weighted by Crippen LogP contribution is -2.54. The Hall–Kier alpha value is -3.20. The summed E-state index contributed by atoms with van der Waals surface area (Å²) in [6.45, 7) is 9.60. The molecule has 2 unspecified atom stereocenters. The van der Waals surface area contributed by atoms with Crippen molar-refractivity contribution in [2.24, 2.45) is 0 Å². The number of ether oxygens (including phenoxy) is 1. The van der Waals surface area contributed by atoms with Crippen molar-refractivity contribution in [2.45, 2.75) is 91.0 Å². The fraction of sp³-hybridized carbons (Fsp3) is 0.516. The second kappa shape index (κ2) is 16.2. The molecule has 0 spiro atoms. The molecule has 2 rings (SSSR count). The van der Waals surface area contributed by atoms with Crippen LogP contribution in [0.2, 0.25) is 0 Å². The summed E-state index contributed by atoms with van der Waals surface area (Å²) >= 11 is 4.34. The molecule has 0 aliphatic carbocycles. The van der Waals surface area contributed by atoms with Gasteiger partial charge in [0.05, 0.1) is 0 Å². The van der Waals surface area contributed by atoms with Crippen molar-refractivity contribution in [3.63, 3.8) is 0 Å². The normalized spacial score (nSPS) is 12.8. The molecule has 3 amide bonds. The van der Waals surface area contributed by atoms with Crippen LogP contribution in [0, 0.1) is 6.92 Å². The highest BCUT2D eigenvalue weighted by atomic mass is 32.1. The van der Waals surface area contributed by atoms with Crippen LogP contribution >= 0.6 is 12.6 Å². The monoisotopic (exact) mass is 571 g/mol. The maximum atomic E-state index is 14.0. The molecule has 2 atom stereocenters. The van der Waals surface area contributed by atoms with Crippen LogP contribution in [-0.2, 0) is 20.9 Å². The summed E-state index contributed by atoms with van der Waals surface area (Å²) in [4.78, 5) is 41.9. The first-order valence-electron chi connectivity index (χ1n) is 14.0. The predicted octanol–water partition coefficient (Wildman–Crippen LogP) is 5.68. The highest BCUT2D eigenvalue weighted by Crippen LogP contribution is 2.32. The first-order valence-corrected chi connectivity index (χ1v) is 14.6. The van der Waals surface area contributed by atoms with Crippen LogP contribution in [0.4, 0.5) is 4.79 Å². The molecule has 3 N–H and O–H groups in total. The fourth-order valence-electron chi connectivity index (χ4n) is 4.32. The second-order valence-electron chi connectivity index (χ2n) is 10.9. The summed E-state index contributed by atoms with van der Waals surface area (Å²) in [6, 6.07) is 12.5. The van der Waals surface area contributed by atoms with Gasteiger partial charge >= 0.3 is 6.09 Å². The van der Waals surface area contributed by atoms with Gasteiger partial charge in [-0.1, -0.05) is 81.1 Å². The third-order valence-corrected chi connectivity index (χ3v) is 6.76. The minimum Gasteiger partial charge on any atom is -0.507 e. The van der Waals surface area contributed by atoms with E-state index in [4.69, 9.17) is 4.74 Å². The quantitative estimate of drug-likeness (QED) is 0.172. The smallest absolute Gasteiger partial charge is 0.408 e. The highest BCUT2D eigenvalue weighted by Gasteiger charge is 2.37. The van der Waals surface area contributed by atoms with Crippen molar-refractivity contribution in [2.75, 3.05) is 12.3 Å². The second-order valence-corrected chi connectivity index (χ2v) is 11.3. The number of carbonyl (C=O) groups is 3. The molecular weight excluding hydrogens is 526 g/mol. The van der Waals surface area contributed by atoms with E-state index < -0.39 is 35.6 Å². The summed E-state index contributed by atoms with van der Waals surface area (Å²) in [6.07, 6.45) is 3.95. The average Bonchev–Trinajstić information content (AvgIpc) is 2.91. The van der Waals surface area contributed by atoms with E-state index in [1.165, 1.54) is 4.90 Å². The Morgan fingerprint density at radius 1 is 1.00 bits per heavy atom. The van der Waals surface area contributed by atoms with Crippen LogP contribution < -0.4 is 10.6 Å². The Labute approximate surface area is 244 Å². The number of benzene rings is 2. The molecule has 0 heterocycles. The summed E-state index contributed by atoms with van der Waals surface area (Å²) in [5.41, 5.74) is 1.06. The molecule has 0 bridgehead atoms. The van der Waals surface area contributed by atoms with Gasteiger partial charge in [0, 0.05) is 24.4 Å². The van der Waals surface area contributed by atoms with Crippen LogP contribution in [0.1, 0.15) is 82.5 Å². The molecule has 0 aliphatic rings. The number of nitrogens with zero attached hydrogens (tertiary/aromatic N) is 1. The van der Waals surface area contributed by atoms with Gasteiger partial charge < -0.3 is 25.4 Å². The third-order valence-electron chi connectivity index (χ3n) is 6.39. The van der Waals surface area contributed by atoms with E-state index in [1.54, 1.807) is 45.9 Å². The van der Waals surface area contributed by atoms with E-state index in [0.29, 0.717) is 17.5 Å². The van der Waals surface area contributed by atoms with E-state index in [-0.39, 0.29) is 24.6 Å². The van der Waals surface area contributed by atoms with Gasteiger partial charge in [-0.05, 0) is 45.2 Å². The van der Waals surface area contributed by atoms with Gasteiger partial charge in [0.2, 0.25) is 11.8 Å². The Morgan fingerprint density at radius 3 is 2.30 bits per heavy atom. The number of aryl methyl sites for hydroxylation is 1. The molecule has 9 heteroatoms. The molecule has 0 saturated heterocycles. The maximum Gasteiger partial charge on any atom is 0.408 e. The lowest BCUT2D eigenvalue weighted by molar-refractivity contribution is -0.142. The summed E-state index contributed by atoms with van der Waals surface area (Å²) in [5, 5.41) is 16.6. The lowest BCUT2D eigenvalue weighted by Gasteiger charge is -2.34.